The fraction of sp³-hybridized carbons (Fsp3) is 0.333. The number of aliphatic carboxylic acids is 1. The summed E-state index contributed by atoms with van der Waals surface area (Å²) in [5.74, 6) is -1.06. The molecule has 0 spiro atoms. The fourth-order valence-corrected chi connectivity index (χ4v) is 0. The smallest absolute Gasteiger partial charge is 0.300 e. The average molecular weight is 154 g/mol. The van der Waals surface area contributed by atoms with Crippen LogP contribution in [0.2, 0.25) is 0 Å². The van der Waals surface area contributed by atoms with Crippen molar-refractivity contribution in [2.75, 3.05) is 0 Å². The lowest BCUT2D eigenvalue weighted by Crippen LogP contribution is -2.21. The fourth-order valence-electron chi connectivity index (χ4n) is 0. The zero-order valence-corrected chi connectivity index (χ0v) is 5.57. The number of halogens is 1. The van der Waals surface area contributed by atoms with Gasteiger partial charge in [0.15, 0.2) is 0 Å². The first kappa shape index (κ1) is 10.9. The van der Waals surface area contributed by atoms with Crippen LogP contribution in [0.3, 0.4) is 0 Å². The van der Waals surface area contributed by atoms with Gasteiger partial charge in [-0.15, -0.1) is 0 Å². The number of hydrogen-bond donors (Lipinski definition) is 4. The second-order valence-electron chi connectivity index (χ2n) is 1.03. The number of carbonyl (C=O) groups is 1. The molecule has 0 aromatic carbocycles. The van der Waals surface area contributed by atoms with E-state index in [1.165, 1.54) is 0 Å². The Kier molecular flexibility index (Phi) is 8.53. The largest absolute Gasteiger partial charge is 0.481 e. The van der Waals surface area contributed by atoms with Crippen LogP contribution in [0.4, 0.5) is 0 Å². The monoisotopic (exact) mass is 153 g/mol. The SMILES string of the molecule is CC(=O)O.N=C(N)NCl. The van der Waals surface area contributed by atoms with Gasteiger partial charge >= 0.3 is 0 Å². The zero-order chi connectivity index (χ0) is 7.86. The molecule has 0 amide bonds. The van der Waals surface area contributed by atoms with Crippen molar-refractivity contribution >= 4 is 23.7 Å². The molecule has 0 atom stereocenters. The first-order valence-corrected chi connectivity index (χ1v) is 2.28. The molecule has 0 aromatic heterocycles. The molecule has 0 unspecified atom stereocenters. The minimum absolute atomic E-state index is 0.230. The summed E-state index contributed by atoms with van der Waals surface area (Å²) >= 11 is 4.74. The summed E-state index contributed by atoms with van der Waals surface area (Å²) in [7, 11) is 0. The van der Waals surface area contributed by atoms with Gasteiger partial charge in [0.1, 0.15) is 0 Å². The Bertz CT molecular complexity index is 101. The zero-order valence-electron chi connectivity index (χ0n) is 4.81. The summed E-state index contributed by atoms with van der Waals surface area (Å²) in [5.41, 5.74) is 4.63. The van der Waals surface area contributed by atoms with Gasteiger partial charge in [-0.3, -0.25) is 15.0 Å². The van der Waals surface area contributed by atoms with E-state index in [4.69, 9.17) is 27.1 Å². The predicted octanol–water partition coefficient (Wildman–Crippen LogP) is -0.286. The van der Waals surface area contributed by atoms with Gasteiger partial charge in [-0.05, 0) is 0 Å². The van der Waals surface area contributed by atoms with E-state index >= 15 is 0 Å². The van der Waals surface area contributed by atoms with E-state index in [9.17, 15) is 0 Å². The molecule has 6 heteroatoms. The van der Waals surface area contributed by atoms with E-state index in [-0.39, 0.29) is 5.96 Å². The molecule has 0 aliphatic heterocycles. The number of nitrogens with two attached hydrogens (primary N) is 1. The molecular weight excluding hydrogens is 146 g/mol. The van der Waals surface area contributed by atoms with Crippen LogP contribution in [0.5, 0.6) is 0 Å². The van der Waals surface area contributed by atoms with E-state index in [1.807, 2.05) is 4.84 Å². The van der Waals surface area contributed by atoms with E-state index in [2.05, 4.69) is 5.73 Å². The number of carboxylic acid groups (broad SMARTS) is 1. The Morgan fingerprint density at radius 3 is 2.00 bits per heavy atom. The predicted molar refractivity (Wildman–Crippen MR) is 34.2 cm³/mol. The topological polar surface area (TPSA) is 99.2 Å². The van der Waals surface area contributed by atoms with Gasteiger partial charge in [0.05, 0.1) is 0 Å². The summed E-state index contributed by atoms with van der Waals surface area (Å²) in [6, 6.07) is 0. The molecule has 9 heavy (non-hydrogen) atoms. The summed E-state index contributed by atoms with van der Waals surface area (Å²) in [5, 5.41) is 13.7. The Hall–Kier alpha value is -0.970. The molecule has 54 valence electrons. The van der Waals surface area contributed by atoms with Crippen molar-refractivity contribution in [2.45, 2.75) is 6.92 Å². The Morgan fingerprint density at radius 1 is 1.89 bits per heavy atom. The Labute approximate surface area is 57.4 Å². The molecule has 0 aliphatic rings. The molecule has 0 rings (SSSR count). The van der Waals surface area contributed by atoms with Crippen LogP contribution in [-0.2, 0) is 4.79 Å². The van der Waals surface area contributed by atoms with E-state index in [1.54, 1.807) is 0 Å². The van der Waals surface area contributed by atoms with E-state index < -0.39 is 5.97 Å². The summed E-state index contributed by atoms with van der Waals surface area (Å²) < 4.78 is 0. The molecule has 0 heterocycles. The molecule has 0 radical (unpaired) electrons. The molecule has 5 nitrogen and oxygen atoms in total. The number of hydrogen-bond acceptors (Lipinski definition) is 2. The summed E-state index contributed by atoms with van der Waals surface area (Å²) in [6.07, 6.45) is 0. The highest BCUT2D eigenvalue weighted by Crippen LogP contribution is 1.50. The van der Waals surface area contributed by atoms with Crippen molar-refractivity contribution in [2.24, 2.45) is 5.73 Å². The van der Waals surface area contributed by atoms with Crippen LogP contribution >= 0.6 is 11.8 Å². The summed E-state index contributed by atoms with van der Waals surface area (Å²) in [6.45, 7) is 1.08. The minimum atomic E-state index is -0.833. The van der Waals surface area contributed by atoms with E-state index in [0.29, 0.717) is 0 Å². The van der Waals surface area contributed by atoms with Crippen molar-refractivity contribution in [3.05, 3.63) is 0 Å². The quantitative estimate of drug-likeness (QED) is 0.218. The van der Waals surface area contributed by atoms with Crippen molar-refractivity contribution in [3.63, 3.8) is 0 Å². The van der Waals surface area contributed by atoms with Gasteiger partial charge in [-0.25, -0.2) is 0 Å². The lowest BCUT2D eigenvalue weighted by Gasteiger charge is -1.81. The molecule has 0 aromatic rings. The van der Waals surface area contributed by atoms with Gasteiger partial charge < -0.3 is 10.8 Å². The second-order valence-corrected chi connectivity index (χ2v) is 1.22. The van der Waals surface area contributed by atoms with Gasteiger partial charge in [-0.1, -0.05) is 0 Å². The number of nitrogens with one attached hydrogen (secondary N) is 2. The molecule has 0 saturated carbocycles. The maximum Gasteiger partial charge on any atom is 0.300 e. The highest BCUT2D eigenvalue weighted by atomic mass is 35.5. The molecule has 0 aliphatic carbocycles. The van der Waals surface area contributed by atoms with Gasteiger partial charge in [0, 0.05) is 18.7 Å². The van der Waals surface area contributed by atoms with Gasteiger partial charge in [0.2, 0.25) is 5.96 Å². The average Bonchev–Trinajstić information content (AvgIpc) is 1.65. The van der Waals surface area contributed by atoms with Crippen LogP contribution in [0.25, 0.3) is 0 Å². The molecule has 0 fully saturated rings. The van der Waals surface area contributed by atoms with Gasteiger partial charge in [0.25, 0.3) is 5.97 Å². The maximum atomic E-state index is 9.00. The van der Waals surface area contributed by atoms with Crippen LogP contribution in [0.1, 0.15) is 6.92 Å². The highest BCUT2D eigenvalue weighted by Gasteiger charge is 1.68. The summed E-state index contributed by atoms with van der Waals surface area (Å²) in [4.78, 5) is 10.9. The van der Waals surface area contributed by atoms with Crippen LogP contribution in [0, 0.1) is 5.41 Å². The Balaban J connectivity index is 0. The second kappa shape index (κ2) is 7.03. The minimum Gasteiger partial charge on any atom is -0.481 e. The maximum absolute atomic E-state index is 9.00. The van der Waals surface area contributed by atoms with Crippen molar-refractivity contribution in [1.29, 1.82) is 5.41 Å². The number of rotatable bonds is 0. The number of guanidine groups is 1. The lowest BCUT2D eigenvalue weighted by molar-refractivity contribution is -0.134. The third kappa shape index (κ3) is 168. The number of carboxylic acids is 1. The first-order valence-electron chi connectivity index (χ1n) is 1.91. The molecule has 0 saturated heterocycles. The molecule has 0 bridgehead atoms. The normalized spacial score (nSPS) is 6.44. The first-order chi connectivity index (χ1) is 4.00. The highest BCUT2D eigenvalue weighted by molar-refractivity contribution is 6.21. The van der Waals surface area contributed by atoms with Crippen LogP contribution < -0.4 is 10.6 Å². The Morgan fingerprint density at radius 2 is 2.00 bits per heavy atom. The van der Waals surface area contributed by atoms with Crippen LogP contribution in [-0.4, -0.2) is 17.0 Å². The lowest BCUT2D eigenvalue weighted by atomic mass is 10.9. The van der Waals surface area contributed by atoms with Crippen molar-refractivity contribution in [3.8, 4) is 0 Å². The van der Waals surface area contributed by atoms with Crippen molar-refractivity contribution in [1.82, 2.24) is 4.84 Å². The molecular formula is C3H8ClN3O2. The standard InChI is InChI=1S/C2H4O2.CH4ClN3/c1-2(3)4;2-5-1(3)4/h1H3,(H,3,4);(H4,3,4,5). The van der Waals surface area contributed by atoms with Gasteiger partial charge in [-0.2, -0.15) is 0 Å². The van der Waals surface area contributed by atoms with Crippen molar-refractivity contribution < 1.29 is 9.90 Å². The third-order valence-electron chi connectivity index (χ3n) is 0.102. The third-order valence-corrected chi connectivity index (χ3v) is 0.305. The van der Waals surface area contributed by atoms with Crippen LogP contribution in [0.15, 0.2) is 0 Å². The van der Waals surface area contributed by atoms with E-state index in [0.717, 1.165) is 6.92 Å². The molecule has 5 N–H and O–H groups in total.